The molecule has 0 saturated carbocycles. The molecule has 0 fully saturated rings. The zero-order chi connectivity index (χ0) is 9.30. The lowest BCUT2D eigenvalue weighted by molar-refractivity contribution is 0.577. The highest BCUT2D eigenvalue weighted by Gasteiger charge is 2.13. The Bertz CT molecular complexity index is 317. The molecule has 6 heteroatoms. The lowest BCUT2D eigenvalue weighted by Gasteiger charge is -2.01. The van der Waals surface area contributed by atoms with E-state index in [-0.39, 0.29) is 21.7 Å². The molecule has 1 aromatic rings. The van der Waals surface area contributed by atoms with Crippen molar-refractivity contribution in [3.8, 4) is 0 Å². The number of halogens is 3. The summed E-state index contributed by atoms with van der Waals surface area (Å²) in [7, 11) is 0. The average Bonchev–Trinajstić information content (AvgIpc) is 1.82. The van der Waals surface area contributed by atoms with E-state index in [1.54, 1.807) is 0 Å². The molecule has 0 aliphatic rings. The highest BCUT2D eigenvalue weighted by molar-refractivity contribution is 6.34. The number of nitrogens with zero attached hydrogens (tertiary/aromatic N) is 2. The van der Waals surface area contributed by atoms with Gasteiger partial charge >= 0.3 is 0 Å². The van der Waals surface area contributed by atoms with E-state index in [1.165, 1.54) is 6.92 Å². The highest BCUT2D eigenvalue weighted by Crippen LogP contribution is 2.17. The van der Waals surface area contributed by atoms with Crippen LogP contribution in [-0.4, -0.2) is 15.7 Å². The summed E-state index contributed by atoms with van der Waals surface area (Å²) in [5, 5.41) is 6.74. The van der Waals surface area contributed by atoms with Crippen molar-refractivity contribution in [3.05, 3.63) is 21.9 Å². The molecule has 0 aromatic carbocycles. The molecule has 0 bridgehead atoms. The van der Waals surface area contributed by atoms with E-state index in [4.69, 9.17) is 28.6 Å². The Hall–Kier alpha value is -0.740. The Kier molecular flexibility index (Phi) is 2.59. The molecule has 0 saturated heterocycles. The van der Waals surface area contributed by atoms with Crippen LogP contribution < -0.4 is 0 Å². The molecule has 0 radical (unpaired) electrons. The van der Waals surface area contributed by atoms with Gasteiger partial charge in [0.25, 0.3) is 0 Å². The van der Waals surface area contributed by atoms with Gasteiger partial charge in [0, 0.05) is 5.71 Å². The molecule has 3 nitrogen and oxygen atoms in total. The summed E-state index contributed by atoms with van der Waals surface area (Å²) in [6.45, 7) is 1.39. The monoisotopic (exact) mass is 207 g/mol. The summed E-state index contributed by atoms with van der Waals surface area (Å²) in [5.74, 6) is -0.868. The summed E-state index contributed by atoms with van der Waals surface area (Å²) in [6, 6.07) is 0. The second-order valence-corrected chi connectivity index (χ2v) is 2.77. The van der Waals surface area contributed by atoms with Gasteiger partial charge < -0.3 is 5.41 Å². The first kappa shape index (κ1) is 9.35. The van der Waals surface area contributed by atoms with E-state index in [0.717, 1.165) is 0 Å². The molecule has 1 N–H and O–H groups in total. The first-order valence-electron chi connectivity index (χ1n) is 2.96. The van der Waals surface area contributed by atoms with Crippen LogP contribution >= 0.6 is 23.2 Å². The van der Waals surface area contributed by atoms with Crippen LogP contribution in [0.5, 0.6) is 0 Å². The van der Waals surface area contributed by atoms with Crippen LogP contribution in [0, 0.1) is 11.4 Å². The van der Waals surface area contributed by atoms with Crippen molar-refractivity contribution in [2.75, 3.05) is 0 Å². The third-order valence-corrected chi connectivity index (χ3v) is 1.61. The second-order valence-electron chi connectivity index (χ2n) is 2.07. The van der Waals surface area contributed by atoms with Gasteiger partial charge in [-0.1, -0.05) is 11.6 Å². The Morgan fingerprint density at radius 2 is 2.00 bits per heavy atom. The number of rotatable bonds is 1. The topological polar surface area (TPSA) is 49.6 Å². The first-order valence-corrected chi connectivity index (χ1v) is 3.72. The average molecular weight is 208 g/mol. The maximum atomic E-state index is 12.9. The van der Waals surface area contributed by atoms with Crippen molar-refractivity contribution in [1.29, 1.82) is 5.41 Å². The van der Waals surface area contributed by atoms with Crippen LogP contribution in [0.25, 0.3) is 0 Å². The molecule has 0 unspecified atom stereocenters. The zero-order valence-corrected chi connectivity index (χ0v) is 7.54. The Labute approximate surface area is 78.1 Å². The fourth-order valence-corrected chi connectivity index (χ4v) is 1.20. The summed E-state index contributed by atoms with van der Waals surface area (Å²) in [5.41, 5.74) is -0.143. The van der Waals surface area contributed by atoms with Crippen molar-refractivity contribution in [3.63, 3.8) is 0 Å². The predicted octanol–water partition coefficient (Wildman–Crippen LogP) is 2.31. The van der Waals surface area contributed by atoms with Gasteiger partial charge in [-0.25, -0.2) is 4.98 Å². The molecule has 1 heterocycles. The van der Waals surface area contributed by atoms with Gasteiger partial charge in [0.05, 0.1) is 5.56 Å². The lowest BCUT2D eigenvalue weighted by atomic mass is 10.2. The molecule has 64 valence electrons. The van der Waals surface area contributed by atoms with Crippen LogP contribution in [0.2, 0.25) is 10.4 Å². The van der Waals surface area contributed by atoms with Crippen molar-refractivity contribution in [1.82, 2.24) is 9.97 Å². The second kappa shape index (κ2) is 3.33. The van der Waals surface area contributed by atoms with Gasteiger partial charge in [-0.3, -0.25) is 0 Å². The number of hydrogen-bond acceptors (Lipinski definition) is 3. The minimum atomic E-state index is -0.868. The molecular weight excluding hydrogens is 204 g/mol. The van der Waals surface area contributed by atoms with E-state index in [0.29, 0.717) is 0 Å². The molecule has 0 amide bonds. The van der Waals surface area contributed by atoms with Crippen molar-refractivity contribution in [2.45, 2.75) is 6.92 Å². The van der Waals surface area contributed by atoms with E-state index in [2.05, 4.69) is 9.97 Å². The molecule has 0 aliphatic heterocycles. The molecule has 0 spiro atoms. The third kappa shape index (κ3) is 1.70. The van der Waals surface area contributed by atoms with Crippen molar-refractivity contribution < 1.29 is 4.39 Å². The number of hydrogen-bond donors (Lipinski definition) is 1. The Morgan fingerprint density at radius 3 is 2.42 bits per heavy atom. The zero-order valence-electron chi connectivity index (χ0n) is 6.03. The van der Waals surface area contributed by atoms with Crippen LogP contribution in [0.15, 0.2) is 0 Å². The minimum Gasteiger partial charge on any atom is -0.305 e. The standard InChI is InChI=1S/C6H4Cl2FN3/c1-2(10)3-4(7)11-6(8)12-5(3)9/h10H,1H3. The lowest BCUT2D eigenvalue weighted by Crippen LogP contribution is -2.03. The quantitative estimate of drug-likeness (QED) is 0.437. The normalized spacial score (nSPS) is 10.0. The van der Waals surface area contributed by atoms with Crippen LogP contribution in [0.4, 0.5) is 4.39 Å². The van der Waals surface area contributed by atoms with Gasteiger partial charge in [-0.2, -0.15) is 9.37 Å². The highest BCUT2D eigenvalue weighted by atomic mass is 35.5. The van der Waals surface area contributed by atoms with E-state index in [1.807, 2.05) is 0 Å². The molecular formula is C6H4Cl2FN3. The Morgan fingerprint density at radius 1 is 1.42 bits per heavy atom. The van der Waals surface area contributed by atoms with Gasteiger partial charge in [-0.15, -0.1) is 0 Å². The van der Waals surface area contributed by atoms with Gasteiger partial charge in [0.15, 0.2) is 0 Å². The summed E-state index contributed by atoms with van der Waals surface area (Å²) >= 11 is 10.8. The van der Waals surface area contributed by atoms with E-state index >= 15 is 0 Å². The maximum Gasteiger partial charge on any atom is 0.227 e. The molecule has 1 aromatic heterocycles. The summed E-state index contributed by atoms with van der Waals surface area (Å²) in [6.07, 6.45) is 0. The maximum absolute atomic E-state index is 12.9. The van der Waals surface area contributed by atoms with Gasteiger partial charge in [0.2, 0.25) is 11.2 Å². The molecule has 0 atom stereocenters. The largest absolute Gasteiger partial charge is 0.305 e. The van der Waals surface area contributed by atoms with Crippen molar-refractivity contribution >= 4 is 28.9 Å². The van der Waals surface area contributed by atoms with Crippen molar-refractivity contribution in [2.24, 2.45) is 0 Å². The summed E-state index contributed by atoms with van der Waals surface area (Å²) in [4.78, 5) is 6.71. The molecule has 0 aliphatic carbocycles. The molecule has 12 heavy (non-hydrogen) atoms. The Balaban J connectivity index is 3.38. The first-order chi connectivity index (χ1) is 5.52. The smallest absolute Gasteiger partial charge is 0.227 e. The fraction of sp³-hybridized carbons (Fsp3) is 0.167. The number of aromatic nitrogens is 2. The minimum absolute atomic E-state index is 0.0332. The fourth-order valence-electron chi connectivity index (χ4n) is 0.693. The van der Waals surface area contributed by atoms with Gasteiger partial charge in [-0.05, 0) is 18.5 Å². The van der Waals surface area contributed by atoms with Crippen LogP contribution in [0.1, 0.15) is 12.5 Å². The summed E-state index contributed by atoms with van der Waals surface area (Å²) < 4.78 is 12.9. The van der Waals surface area contributed by atoms with E-state index < -0.39 is 5.95 Å². The SMILES string of the molecule is CC(=N)c1c(F)nc(Cl)nc1Cl. The van der Waals surface area contributed by atoms with Gasteiger partial charge in [0.1, 0.15) is 5.15 Å². The van der Waals surface area contributed by atoms with Crippen LogP contribution in [-0.2, 0) is 0 Å². The predicted molar refractivity (Wildman–Crippen MR) is 44.5 cm³/mol. The molecule has 1 rings (SSSR count). The third-order valence-electron chi connectivity index (χ3n) is 1.17. The van der Waals surface area contributed by atoms with E-state index in [9.17, 15) is 4.39 Å². The number of nitrogens with one attached hydrogen (secondary N) is 1. The van der Waals surface area contributed by atoms with Crippen LogP contribution in [0.3, 0.4) is 0 Å².